The molecule has 2 rings (SSSR count). The van der Waals surface area contributed by atoms with Gasteiger partial charge >= 0.3 is 0 Å². The van der Waals surface area contributed by atoms with Crippen molar-refractivity contribution in [2.24, 2.45) is 17.7 Å². The van der Waals surface area contributed by atoms with Crippen LogP contribution in [0.5, 0.6) is 0 Å². The second-order valence-corrected chi connectivity index (χ2v) is 7.65. The molecule has 90 valence electrons. The fourth-order valence-electron chi connectivity index (χ4n) is 2.61. The Morgan fingerprint density at radius 2 is 2.12 bits per heavy atom. The van der Waals surface area contributed by atoms with Crippen LogP contribution in [0.25, 0.3) is 0 Å². The predicted molar refractivity (Wildman–Crippen MR) is 78.2 cm³/mol. The van der Waals surface area contributed by atoms with Crippen LogP contribution in [0, 0.1) is 14.7 Å². The summed E-state index contributed by atoms with van der Waals surface area (Å²) >= 11 is 4.18. The number of rotatable bonds is 3. The molecule has 1 aliphatic carbocycles. The molecular formula is C12H19IN2S. The maximum Gasteiger partial charge on any atom is 0.0656 e. The van der Waals surface area contributed by atoms with E-state index in [0.717, 1.165) is 5.92 Å². The highest BCUT2D eigenvalue weighted by molar-refractivity contribution is 14.1. The van der Waals surface area contributed by atoms with E-state index >= 15 is 0 Å². The van der Waals surface area contributed by atoms with Gasteiger partial charge in [0, 0.05) is 6.04 Å². The Labute approximate surface area is 115 Å². The molecule has 0 bridgehead atoms. The normalized spacial score (nSPS) is 27.9. The smallest absolute Gasteiger partial charge is 0.0656 e. The van der Waals surface area contributed by atoms with Crippen molar-refractivity contribution < 1.29 is 0 Å². The van der Waals surface area contributed by atoms with Crippen molar-refractivity contribution in [2.75, 3.05) is 0 Å². The van der Waals surface area contributed by atoms with Crippen LogP contribution in [0.1, 0.15) is 44.2 Å². The molecule has 1 aliphatic rings. The summed E-state index contributed by atoms with van der Waals surface area (Å²) in [6.07, 6.45) is 5.32. The van der Waals surface area contributed by atoms with Crippen molar-refractivity contribution in [1.29, 1.82) is 0 Å². The van der Waals surface area contributed by atoms with Gasteiger partial charge in [-0.15, -0.1) is 11.3 Å². The molecule has 1 aromatic heterocycles. The van der Waals surface area contributed by atoms with E-state index in [1.807, 2.05) is 0 Å². The minimum atomic E-state index is 0.354. The number of hydrogen-bond acceptors (Lipinski definition) is 3. The first kappa shape index (κ1) is 12.8. The molecule has 1 heterocycles. The molecule has 1 saturated carbocycles. The van der Waals surface area contributed by atoms with E-state index in [1.54, 1.807) is 11.3 Å². The first-order valence-electron chi connectivity index (χ1n) is 5.90. The van der Waals surface area contributed by atoms with E-state index in [2.05, 4.69) is 46.4 Å². The molecule has 1 atom stereocenters. The summed E-state index contributed by atoms with van der Waals surface area (Å²) in [5, 5.41) is 2.24. The SMILES string of the molecule is CC1CCC(C(NN)c2csc(I)c2)CC1. The zero-order valence-electron chi connectivity index (χ0n) is 9.58. The van der Waals surface area contributed by atoms with Crippen LogP contribution >= 0.6 is 33.9 Å². The standard InChI is InChI=1S/C12H19IN2S/c1-8-2-4-9(5-3-8)12(15-14)10-6-11(13)16-7-10/h6-9,12,15H,2-5,14H2,1H3. The summed E-state index contributed by atoms with van der Waals surface area (Å²) in [6.45, 7) is 2.36. The molecule has 0 aromatic carbocycles. The Kier molecular flexibility index (Phi) is 4.64. The van der Waals surface area contributed by atoms with Gasteiger partial charge in [0.2, 0.25) is 0 Å². The highest BCUT2D eigenvalue weighted by atomic mass is 127. The maximum absolute atomic E-state index is 5.73. The zero-order valence-corrected chi connectivity index (χ0v) is 12.6. The molecule has 16 heavy (non-hydrogen) atoms. The molecule has 0 saturated heterocycles. The zero-order chi connectivity index (χ0) is 11.5. The van der Waals surface area contributed by atoms with Gasteiger partial charge in [-0.25, -0.2) is 0 Å². The highest BCUT2D eigenvalue weighted by Gasteiger charge is 2.26. The van der Waals surface area contributed by atoms with Gasteiger partial charge in [0.25, 0.3) is 0 Å². The van der Waals surface area contributed by atoms with E-state index in [-0.39, 0.29) is 0 Å². The lowest BCUT2D eigenvalue weighted by Crippen LogP contribution is -2.35. The average molecular weight is 350 g/mol. The Bertz CT molecular complexity index is 332. The molecule has 1 fully saturated rings. The molecule has 2 nitrogen and oxygen atoms in total. The number of nitrogens with one attached hydrogen (secondary N) is 1. The molecular weight excluding hydrogens is 331 g/mol. The second kappa shape index (κ2) is 5.80. The third-order valence-corrected chi connectivity index (χ3v) is 5.47. The molecule has 0 amide bonds. The molecule has 0 aliphatic heterocycles. The summed E-state index contributed by atoms with van der Waals surface area (Å²) in [7, 11) is 0. The molecule has 0 radical (unpaired) electrons. The quantitative estimate of drug-likeness (QED) is 0.496. The topological polar surface area (TPSA) is 38.0 Å². The lowest BCUT2D eigenvalue weighted by Gasteiger charge is -2.32. The van der Waals surface area contributed by atoms with Gasteiger partial charge in [-0.1, -0.05) is 19.8 Å². The third-order valence-electron chi connectivity index (χ3n) is 3.66. The number of hydrazine groups is 1. The van der Waals surface area contributed by atoms with Crippen molar-refractivity contribution in [3.05, 3.63) is 19.9 Å². The van der Waals surface area contributed by atoms with E-state index in [4.69, 9.17) is 5.84 Å². The van der Waals surface area contributed by atoms with Gasteiger partial charge in [-0.2, -0.15) is 0 Å². The van der Waals surface area contributed by atoms with Gasteiger partial charge < -0.3 is 0 Å². The predicted octanol–water partition coefficient (Wildman–Crippen LogP) is 3.68. The second-order valence-electron chi connectivity index (χ2n) is 4.85. The number of halogens is 1. The minimum absolute atomic E-state index is 0.354. The highest BCUT2D eigenvalue weighted by Crippen LogP contribution is 2.37. The summed E-state index contributed by atoms with van der Waals surface area (Å²) in [5.41, 5.74) is 4.39. The van der Waals surface area contributed by atoms with Crippen LogP contribution in [0.2, 0.25) is 0 Å². The van der Waals surface area contributed by atoms with E-state index in [9.17, 15) is 0 Å². The summed E-state index contributed by atoms with van der Waals surface area (Å²) in [6, 6.07) is 2.61. The van der Waals surface area contributed by atoms with Gasteiger partial charge in [0.05, 0.1) is 2.88 Å². The van der Waals surface area contributed by atoms with Gasteiger partial charge in [-0.05, 0) is 64.3 Å². The molecule has 3 N–H and O–H groups in total. The number of thiophene rings is 1. The molecule has 4 heteroatoms. The summed E-state index contributed by atoms with van der Waals surface area (Å²) in [4.78, 5) is 0. The monoisotopic (exact) mass is 350 g/mol. The summed E-state index contributed by atoms with van der Waals surface area (Å²) < 4.78 is 1.34. The maximum atomic E-state index is 5.73. The Balaban J connectivity index is 2.05. The Morgan fingerprint density at radius 3 is 2.62 bits per heavy atom. The van der Waals surface area contributed by atoms with Crippen LogP contribution in [0.4, 0.5) is 0 Å². The van der Waals surface area contributed by atoms with Crippen molar-refractivity contribution in [3.8, 4) is 0 Å². The fourth-order valence-corrected chi connectivity index (χ4v) is 4.02. The van der Waals surface area contributed by atoms with Gasteiger partial charge in [-0.3, -0.25) is 11.3 Å². The van der Waals surface area contributed by atoms with Crippen LogP contribution in [-0.4, -0.2) is 0 Å². The first-order chi connectivity index (χ1) is 7.70. The van der Waals surface area contributed by atoms with Crippen LogP contribution in [0.3, 0.4) is 0 Å². The summed E-state index contributed by atoms with van der Waals surface area (Å²) in [5.74, 6) is 7.35. The lowest BCUT2D eigenvalue weighted by molar-refractivity contribution is 0.232. The molecule has 1 aromatic rings. The fraction of sp³-hybridized carbons (Fsp3) is 0.667. The number of nitrogens with two attached hydrogens (primary N) is 1. The lowest BCUT2D eigenvalue weighted by atomic mass is 9.78. The molecule has 0 spiro atoms. The van der Waals surface area contributed by atoms with Crippen LogP contribution < -0.4 is 11.3 Å². The van der Waals surface area contributed by atoms with Gasteiger partial charge in [0.1, 0.15) is 0 Å². The van der Waals surface area contributed by atoms with Crippen LogP contribution in [-0.2, 0) is 0 Å². The van der Waals surface area contributed by atoms with Crippen molar-refractivity contribution in [1.82, 2.24) is 5.43 Å². The van der Waals surface area contributed by atoms with E-state index in [0.29, 0.717) is 12.0 Å². The molecule has 1 unspecified atom stereocenters. The van der Waals surface area contributed by atoms with Crippen molar-refractivity contribution >= 4 is 33.9 Å². The first-order valence-corrected chi connectivity index (χ1v) is 7.86. The third kappa shape index (κ3) is 2.97. The Morgan fingerprint density at radius 1 is 1.44 bits per heavy atom. The minimum Gasteiger partial charge on any atom is -0.271 e. The van der Waals surface area contributed by atoms with Crippen molar-refractivity contribution in [2.45, 2.75) is 38.6 Å². The Hall–Kier alpha value is 0.350. The van der Waals surface area contributed by atoms with Gasteiger partial charge in [0.15, 0.2) is 0 Å². The average Bonchev–Trinajstić information content (AvgIpc) is 2.69. The van der Waals surface area contributed by atoms with Crippen molar-refractivity contribution in [3.63, 3.8) is 0 Å². The van der Waals surface area contributed by atoms with E-state index in [1.165, 1.54) is 34.1 Å². The van der Waals surface area contributed by atoms with Crippen LogP contribution in [0.15, 0.2) is 11.4 Å². The number of hydrogen-bond donors (Lipinski definition) is 2. The van der Waals surface area contributed by atoms with E-state index < -0.39 is 0 Å². The largest absolute Gasteiger partial charge is 0.271 e.